The molecule has 0 aliphatic rings. The van der Waals surface area contributed by atoms with Crippen molar-refractivity contribution in [2.24, 2.45) is 7.05 Å². The lowest BCUT2D eigenvalue weighted by Gasteiger charge is -2.09. The second kappa shape index (κ2) is 8.70. The van der Waals surface area contributed by atoms with E-state index in [0.29, 0.717) is 40.1 Å². The molecule has 0 saturated heterocycles. The number of fused-ring (bicyclic) bond motifs is 1. The quantitative estimate of drug-likeness (QED) is 0.332. The first-order chi connectivity index (χ1) is 16.5. The molecule has 0 atom stereocenters. The van der Waals surface area contributed by atoms with E-state index in [4.69, 9.17) is 9.15 Å². The summed E-state index contributed by atoms with van der Waals surface area (Å²) in [6, 6.07) is 15.4. The molecule has 0 spiro atoms. The molecule has 0 aliphatic carbocycles. The molecule has 5 rings (SSSR count). The van der Waals surface area contributed by atoms with Gasteiger partial charge in [-0.2, -0.15) is 0 Å². The molecular formula is C25H20FN5O3. The molecule has 0 unspecified atom stereocenters. The average molecular weight is 457 g/mol. The van der Waals surface area contributed by atoms with Gasteiger partial charge < -0.3 is 24.4 Å². The molecule has 0 radical (unpaired) electrons. The van der Waals surface area contributed by atoms with Crippen LogP contribution in [0.5, 0.6) is 11.5 Å². The van der Waals surface area contributed by atoms with Gasteiger partial charge in [0.25, 0.3) is 0 Å². The van der Waals surface area contributed by atoms with E-state index in [1.165, 1.54) is 25.5 Å². The summed E-state index contributed by atoms with van der Waals surface area (Å²) in [5, 5.41) is 5.88. The Labute approximate surface area is 194 Å². The van der Waals surface area contributed by atoms with Crippen molar-refractivity contribution in [1.82, 2.24) is 14.5 Å². The van der Waals surface area contributed by atoms with Crippen LogP contribution in [-0.2, 0) is 11.8 Å². The number of aryl methyl sites for hydroxylation is 1. The molecule has 3 aromatic heterocycles. The van der Waals surface area contributed by atoms with Gasteiger partial charge in [0.05, 0.1) is 23.6 Å². The van der Waals surface area contributed by atoms with E-state index in [1.54, 1.807) is 36.5 Å². The number of pyridine rings is 1. The van der Waals surface area contributed by atoms with Crippen LogP contribution < -0.4 is 15.4 Å². The number of amides is 1. The van der Waals surface area contributed by atoms with Crippen LogP contribution in [0.2, 0.25) is 0 Å². The summed E-state index contributed by atoms with van der Waals surface area (Å²) >= 11 is 0. The molecule has 170 valence electrons. The van der Waals surface area contributed by atoms with Gasteiger partial charge >= 0.3 is 0 Å². The molecule has 8 nitrogen and oxygen atoms in total. The molecule has 2 aromatic carbocycles. The summed E-state index contributed by atoms with van der Waals surface area (Å²) in [6.45, 7) is 1.42. The number of anilines is 3. The Morgan fingerprint density at radius 1 is 1.09 bits per heavy atom. The third-order valence-electron chi connectivity index (χ3n) is 5.18. The van der Waals surface area contributed by atoms with E-state index in [9.17, 15) is 9.18 Å². The zero-order chi connectivity index (χ0) is 23.7. The maximum absolute atomic E-state index is 14.3. The van der Waals surface area contributed by atoms with Crippen LogP contribution >= 0.6 is 0 Å². The molecule has 0 saturated carbocycles. The number of carbonyl (C=O) groups is 1. The Bertz CT molecular complexity index is 1490. The number of nitrogens with one attached hydrogen (secondary N) is 2. The maximum atomic E-state index is 14.3. The van der Waals surface area contributed by atoms with Crippen molar-refractivity contribution in [2.45, 2.75) is 6.92 Å². The summed E-state index contributed by atoms with van der Waals surface area (Å²) < 4.78 is 27.2. The van der Waals surface area contributed by atoms with E-state index in [0.717, 1.165) is 11.0 Å². The average Bonchev–Trinajstić information content (AvgIpc) is 3.44. The third kappa shape index (κ3) is 4.31. The number of aromatic nitrogens is 3. The molecule has 9 heteroatoms. The highest BCUT2D eigenvalue weighted by Crippen LogP contribution is 2.31. The van der Waals surface area contributed by atoms with Crippen molar-refractivity contribution in [3.05, 3.63) is 79.1 Å². The first-order valence-corrected chi connectivity index (χ1v) is 10.4. The zero-order valence-corrected chi connectivity index (χ0v) is 18.4. The largest absolute Gasteiger partial charge is 0.472 e. The number of halogens is 1. The number of hydrogen-bond donors (Lipinski definition) is 2. The smallest absolute Gasteiger partial charge is 0.222 e. The highest BCUT2D eigenvalue weighted by atomic mass is 19.1. The van der Waals surface area contributed by atoms with Crippen molar-refractivity contribution in [3.8, 4) is 22.6 Å². The van der Waals surface area contributed by atoms with Crippen molar-refractivity contribution >= 4 is 34.4 Å². The third-order valence-corrected chi connectivity index (χ3v) is 5.18. The summed E-state index contributed by atoms with van der Waals surface area (Å²) in [7, 11) is 1.89. The molecule has 3 heterocycles. The van der Waals surface area contributed by atoms with Crippen LogP contribution in [0.25, 0.3) is 22.2 Å². The van der Waals surface area contributed by atoms with E-state index in [-0.39, 0.29) is 11.7 Å². The second-order valence-electron chi connectivity index (χ2n) is 7.64. The highest BCUT2D eigenvalue weighted by Gasteiger charge is 2.12. The summed E-state index contributed by atoms with van der Waals surface area (Å²) in [4.78, 5) is 20.0. The normalized spacial score (nSPS) is 10.9. The van der Waals surface area contributed by atoms with Gasteiger partial charge in [-0.3, -0.25) is 4.79 Å². The Balaban J connectivity index is 1.40. The van der Waals surface area contributed by atoms with Gasteiger partial charge in [0, 0.05) is 49.1 Å². The van der Waals surface area contributed by atoms with Gasteiger partial charge in [0.15, 0.2) is 0 Å². The molecule has 0 bridgehead atoms. The molecule has 1 amide bonds. The summed E-state index contributed by atoms with van der Waals surface area (Å²) in [5.74, 6) is 1.57. The number of hydrogen-bond acceptors (Lipinski definition) is 6. The number of benzene rings is 2. The van der Waals surface area contributed by atoms with Gasteiger partial charge in [0.1, 0.15) is 23.1 Å². The van der Waals surface area contributed by atoms with E-state index < -0.39 is 0 Å². The molecular weight excluding hydrogens is 437 g/mol. The monoisotopic (exact) mass is 457 g/mol. The molecule has 0 aliphatic heterocycles. The predicted molar refractivity (Wildman–Crippen MR) is 127 cm³/mol. The Morgan fingerprint density at radius 3 is 2.74 bits per heavy atom. The SMILES string of the molecule is CC(=O)Nc1cc(Oc2ccc3c(c2)nc(Nc2ccc(F)c(-c4ccoc4)c2)n3C)ccn1. The molecule has 34 heavy (non-hydrogen) atoms. The van der Waals surface area contributed by atoms with Gasteiger partial charge in [0.2, 0.25) is 11.9 Å². The maximum Gasteiger partial charge on any atom is 0.222 e. The second-order valence-corrected chi connectivity index (χ2v) is 7.64. The van der Waals surface area contributed by atoms with E-state index in [2.05, 4.69) is 20.6 Å². The number of furan rings is 1. The predicted octanol–water partition coefficient (Wildman–Crippen LogP) is 5.86. The lowest BCUT2D eigenvalue weighted by molar-refractivity contribution is -0.114. The number of carbonyl (C=O) groups excluding carboxylic acids is 1. The van der Waals surface area contributed by atoms with Crippen LogP contribution in [0.4, 0.5) is 21.8 Å². The van der Waals surface area contributed by atoms with Crippen LogP contribution in [0.3, 0.4) is 0 Å². The molecule has 5 aromatic rings. The Morgan fingerprint density at radius 2 is 1.94 bits per heavy atom. The van der Waals surface area contributed by atoms with Gasteiger partial charge in [-0.25, -0.2) is 14.4 Å². The number of rotatable bonds is 6. The minimum atomic E-state index is -0.337. The van der Waals surface area contributed by atoms with Gasteiger partial charge in [-0.05, 0) is 42.5 Å². The fraction of sp³-hybridized carbons (Fsp3) is 0.0800. The Kier molecular flexibility index (Phi) is 5.43. The van der Waals surface area contributed by atoms with Crippen LogP contribution in [-0.4, -0.2) is 20.4 Å². The molecule has 0 fully saturated rings. The number of ether oxygens (including phenoxy) is 1. The topological polar surface area (TPSA) is 94.2 Å². The first-order valence-electron chi connectivity index (χ1n) is 10.4. The van der Waals surface area contributed by atoms with Gasteiger partial charge in [-0.15, -0.1) is 0 Å². The van der Waals surface area contributed by atoms with Crippen LogP contribution in [0, 0.1) is 5.82 Å². The van der Waals surface area contributed by atoms with E-state index >= 15 is 0 Å². The zero-order valence-electron chi connectivity index (χ0n) is 18.4. The lowest BCUT2D eigenvalue weighted by atomic mass is 10.1. The van der Waals surface area contributed by atoms with Crippen molar-refractivity contribution < 1.29 is 18.3 Å². The fourth-order valence-corrected chi connectivity index (χ4v) is 3.59. The Hall–Kier alpha value is -4.66. The van der Waals surface area contributed by atoms with Crippen molar-refractivity contribution in [3.63, 3.8) is 0 Å². The standard InChI is InChI=1S/C25H20FN5O3/c1-15(32)28-24-13-19(7-9-27-24)34-18-4-6-23-22(12-18)30-25(31(23)2)29-17-3-5-21(26)20(11-17)16-8-10-33-14-16/h3-14H,1-2H3,(H,29,30)(H,27,28,32). The summed E-state index contributed by atoms with van der Waals surface area (Å²) in [5.41, 5.74) is 3.39. The van der Waals surface area contributed by atoms with Crippen LogP contribution in [0.1, 0.15) is 6.92 Å². The lowest BCUT2D eigenvalue weighted by Crippen LogP contribution is -2.07. The molecule has 2 N–H and O–H groups in total. The fourth-order valence-electron chi connectivity index (χ4n) is 3.59. The van der Waals surface area contributed by atoms with Gasteiger partial charge in [-0.1, -0.05) is 0 Å². The first kappa shape index (κ1) is 21.2. The van der Waals surface area contributed by atoms with E-state index in [1.807, 2.05) is 29.8 Å². The van der Waals surface area contributed by atoms with Crippen LogP contribution in [0.15, 0.2) is 77.7 Å². The number of imidazole rings is 1. The minimum Gasteiger partial charge on any atom is -0.472 e. The van der Waals surface area contributed by atoms with Crippen molar-refractivity contribution in [1.29, 1.82) is 0 Å². The van der Waals surface area contributed by atoms with Crippen molar-refractivity contribution in [2.75, 3.05) is 10.6 Å². The summed E-state index contributed by atoms with van der Waals surface area (Å²) in [6.07, 6.45) is 4.57. The number of nitrogens with zero attached hydrogens (tertiary/aromatic N) is 3. The minimum absolute atomic E-state index is 0.211. The highest BCUT2D eigenvalue weighted by molar-refractivity contribution is 5.87.